The molecule has 1 aromatic heterocycles. The predicted molar refractivity (Wildman–Crippen MR) is 89.7 cm³/mol. The van der Waals surface area contributed by atoms with E-state index in [0.29, 0.717) is 24.1 Å². The van der Waals surface area contributed by atoms with Crippen LogP contribution in [0.2, 0.25) is 0 Å². The Bertz CT molecular complexity index is 707. The van der Waals surface area contributed by atoms with Crippen molar-refractivity contribution in [3.8, 4) is 0 Å². The van der Waals surface area contributed by atoms with Crippen LogP contribution in [0, 0.1) is 17.6 Å². The van der Waals surface area contributed by atoms with E-state index in [0.717, 1.165) is 44.4 Å². The Morgan fingerprint density at radius 3 is 2.75 bits per heavy atom. The van der Waals surface area contributed by atoms with Gasteiger partial charge in [-0.1, -0.05) is 12.1 Å². The minimum absolute atomic E-state index is 0.408. The fourth-order valence-electron chi connectivity index (χ4n) is 4.04. The maximum Gasteiger partial charge on any atom is 0.130 e. The summed E-state index contributed by atoms with van der Waals surface area (Å²) in [5.41, 5.74) is 0.576. The van der Waals surface area contributed by atoms with E-state index in [1.165, 1.54) is 6.07 Å². The van der Waals surface area contributed by atoms with Crippen LogP contribution in [0.15, 0.2) is 42.6 Å². The summed E-state index contributed by atoms with van der Waals surface area (Å²) in [6.07, 6.45) is 4.12. The largest absolute Gasteiger partial charge is 0.355 e. The number of rotatable bonds is 3. The van der Waals surface area contributed by atoms with Crippen molar-refractivity contribution in [2.75, 3.05) is 24.5 Å². The van der Waals surface area contributed by atoms with Crippen molar-refractivity contribution in [1.82, 2.24) is 9.88 Å². The van der Waals surface area contributed by atoms with Gasteiger partial charge < -0.3 is 4.90 Å². The first kappa shape index (κ1) is 15.5. The normalized spacial score (nSPS) is 24.2. The summed E-state index contributed by atoms with van der Waals surface area (Å²) in [5, 5.41) is 0. The molecule has 2 aromatic rings. The van der Waals surface area contributed by atoms with Crippen molar-refractivity contribution in [2.24, 2.45) is 5.92 Å². The summed E-state index contributed by atoms with van der Waals surface area (Å²) in [6.45, 7) is 3.47. The van der Waals surface area contributed by atoms with Crippen LogP contribution in [0.4, 0.5) is 14.6 Å². The number of halogens is 2. The van der Waals surface area contributed by atoms with Crippen molar-refractivity contribution in [3.63, 3.8) is 0 Å². The molecule has 2 atom stereocenters. The summed E-state index contributed by atoms with van der Waals surface area (Å²) in [5.74, 6) is 0.703. The van der Waals surface area contributed by atoms with Gasteiger partial charge in [0.1, 0.15) is 17.5 Å². The molecule has 1 aromatic carbocycles. The monoisotopic (exact) mass is 329 g/mol. The number of fused-ring (bicyclic) bond motifs is 1. The number of aromatic nitrogens is 1. The highest BCUT2D eigenvalue weighted by molar-refractivity contribution is 5.39. The van der Waals surface area contributed by atoms with Gasteiger partial charge in [0.05, 0.1) is 0 Å². The molecule has 5 heteroatoms. The number of hydrogen-bond donors (Lipinski definition) is 0. The molecule has 3 heterocycles. The van der Waals surface area contributed by atoms with Crippen LogP contribution in [-0.2, 0) is 6.54 Å². The average molecular weight is 329 g/mol. The van der Waals surface area contributed by atoms with Gasteiger partial charge in [-0.05, 0) is 43.5 Å². The lowest BCUT2D eigenvalue weighted by Gasteiger charge is -2.39. The molecule has 2 unspecified atom stereocenters. The van der Waals surface area contributed by atoms with Crippen molar-refractivity contribution < 1.29 is 8.78 Å². The quantitative estimate of drug-likeness (QED) is 0.860. The Hall–Kier alpha value is -2.01. The van der Waals surface area contributed by atoms with Crippen LogP contribution >= 0.6 is 0 Å². The third kappa shape index (κ3) is 3.00. The Labute approximate surface area is 140 Å². The lowest BCUT2D eigenvalue weighted by molar-refractivity contribution is 0.198. The molecule has 2 saturated heterocycles. The minimum atomic E-state index is -0.519. The summed E-state index contributed by atoms with van der Waals surface area (Å²) in [6, 6.07) is 10.3. The molecular weight excluding hydrogens is 308 g/mol. The molecule has 0 bridgehead atoms. The molecule has 0 amide bonds. The van der Waals surface area contributed by atoms with E-state index in [-0.39, 0.29) is 0 Å². The van der Waals surface area contributed by atoms with Gasteiger partial charge in [0, 0.05) is 43.5 Å². The molecule has 0 radical (unpaired) electrons. The minimum Gasteiger partial charge on any atom is -0.355 e. The molecule has 4 rings (SSSR count). The molecule has 0 N–H and O–H groups in total. The van der Waals surface area contributed by atoms with Crippen molar-refractivity contribution in [1.29, 1.82) is 0 Å². The number of anilines is 1. The third-order valence-electron chi connectivity index (χ3n) is 5.34. The zero-order chi connectivity index (χ0) is 16.5. The van der Waals surface area contributed by atoms with E-state index in [9.17, 15) is 8.78 Å². The number of hydrogen-bond acceptors (Lipinski definition) is 3. The van der Waals surface area contributed by atoms with Crippen molar-refractivity contribution >= 4 is 5.82 Å². The summed E-state index contributed by atoms with van der Waals surface area (Å²) < 4.78 is 27.1. The molecule has 3 nitrogen and oxygen atoms in total. The maximum atomic E-state index is 14.0. The van der Waals surface area contributed by atoms with Gasteiger partial charge in [-0.15, -0.1) is 0 Å². The summed E-state index contributed by atoms with van der Waals surface area (Å²) >= 11 is 0. The van der Waals surface area contributed by atoms with Crippen LogP contribution in [-0.4, -0.2) is 35.6 Å². The molecule has 0 saturated carbocycles. The van der Waals surface area contributed by atoms with E-state index < -0.39 is 11.6 Å². The first-order valence-corrected chi connectivity index (χ1v) is 8.54. The predicted octanol–water partition coefficient (Wildman–Crippen LogP) is 3.46. The fourth-order valence-corrected chi connectivity index (χ4v) is 4.04. The lowest BCUT2D eigenvalue weighted by atomic mass is 9.92. The van der Waals surface area contributed by atoms with E-state index in [1.807, 2.05) is 24.4 Å². The van der Waals surface area contributed by atoms with Crippen LogP contribution in [0.25, 0.3) is 0 Å². The van der Waals surface area contributed by atoms with Crippen LogP contribution < -0.4 is 4.90 Å². The molecule has 2 fully saturated rings. The summed E-state index contributed by atoms with van der Waals surface area (Å²) in [4.78, 5) is 9.12. The smallest absolute Gasteiger partial charge is 0.130 e. The first-order chi connectivity index (χ1) is 11.7. The molecule has 126 valence electrons. The molecule has 24 heavy (non-hydrogen) atoms. The standard InChI is InChI=1S/C19H21F2N3/c20-16-5-4-15(17(21)11-16)12-23-9-6-14-7-10-24(13-18(14)23)19-3-1-2-8-22-19/h1-5,8,11,14,18H,6-7,9-10,12-13H2. The number of likely N-dealkylation sites (tertiary alicyclic amines) is 1. The number of pyridine rings is 1. The van der Waals surface area contributed by atoms with Gasteiger partial charge in [0.15, 0.2) is 0 Å². The van der Waals surface area contributed by atoms with Gasteiger partial charge in [-0.25, -0.2) is 13.8 Å². The maximum absolute atomic E-state index is 14.0. The van der Waals surface area contributed by atoms with Gasteiger partial charge in [-0.3, -0.25) is 4.90 Å². The summed E-state index contributed by atoms with van der Waals surface area (Å²) in [7, 11) is 0. The van der Waals surface area contributed by atoms with Gasteiger partial charge in [0.2, 0.25) is 0 Å². The van der Waals surface area contributed by atoms with Crippen LogP contribution in [0.3, 0.4) is 0 Å². The number of piperidine rings is 1. The van der Waals surface area contributed by atoms with Gasteiger partial charge >= 0.3 is 0 Å². The highest BCUT2D eigenvalue weighted by Gasteiger charge is 2.38. The van der Waals surface area contributed by atoms with E-state index in [2.05, 4.69) is 14.8 Å². The molecule has 0 aliphatic carbocycles. The Kier molecular flexibility index (Phi) is 4.19. The molecular formula is C19H21F2N3. The highest BCUT2D eigenvalue weighted by Crippen LogP contribution is 2.34. The fraction of sp³-hybridized carbons (Fsp3) is 0.421. The van der Waals surface area contributed by atoms with E-state index in [4.69, 9.17) is 0 Å². The molecule has 0 spiro atoms. The molecule has 2 aliphatic heterocycles. The number of benzene rings is 1. The zero-order valence-corrected chi connectivity index (χ0v) is 13.5. The van der Waals surface area contributed by atoms with Crippen molar-refractivity contribution in [3.05, 3.63) is 59.8 Å². The Morgan fingerprint density at radius 1 is 1.08 bits per heavy atom. The third-order valence-corrected chi connectivity index (χ3v) is 5.34. The molecule has 2 aliphatic rings. The van der Waals surface area contributed by atoms with Crippen molar-refractivity contribution in [2.45, 2.75) is 25.4 Å². The SMILES string of the molecule is Fc1ccc(CN2CCC3CCN(c4ccccn4)CC32)c(F)c1. The van der Waals surface area contributed by atoms with Gasteiger partial charge in [-0.2, -0.15) is 0 Å². The van der Waals surface area contributed by atoms with Crippen LogP contribution in [0.1, 0.15) is 18.4 Å². The Balaban J connectivity index is 1.49. The average Bonchev–Trinajstić information content (AvgIpc) is 3.00. The highest BCUT2D eigenvalue weighted by atomic mass is 19.1. The number of nitrogens with zero attached hydrogens (tertiary/aromatic N) is 3. The first-order valence-electron chi connectivity index (χ1n) is 8.54. The van der Waals surface area contributed by atoms with E-state index in [1.54, 1.807) is 6.07 Å². The second-order valence-electron chi connectivity index (χ2n) is 6.74. The second-order valence-corrected chi connectivity index (χ2v) is 6.74. The van der Waals surface area contributed by atoms with Gasteiger partial charge in [0.25, 0.3) is 0 Å². The Morgan fingerprint density at radius 2 is 1.96 bits per heavy atom. The van der Waals surface area contributed by atoms with E-state index >= 15 is 0 Å². The lowest BCUT2D eigenvalue weighted by Crippen LogP contribution is -2.48. The second kappa shape index (κ2) is 6.48. The van der Waals surface area contributed by atoms with Crippen LogP contribution in [0.5, 0.6) is 0 Å². The topological polar surface area (TPSA) is 19.4 Å². The zero-order valence-electron chi connectivity index (χ0n) is 13.5.